The lowest BCUT2D eigenvalue weighted by Crippen LogP contribution is -2.30. The zero-order chi connectivity index (χ0) is 13.8. The van der Waals surface area contributed by atoms with Crippen molar-refractivity contribution in [3.05, 3.63) is 39.4 Å². The molecule has 0 spiro atoms. The number of nitro benzene ring substituents is 1. The maximum Gasteiger partial charge on any atom is 0.342 e. The van der Waals surface area contributed by atoms with Crippen molar-refractivity contribution in [2.45, 2.75) is 18.8 Å². The van der Waals surface area contributed by atoms with E-state index in [0.717, 1.165) is 12.8 Å². The van der Waals surface area contributed by atoms with E-state index in [-0.39, 0.29) is 17.2 Å². The standard InChI is InChI=1S/C12H15N3O4/c16-12(17)10-3-1-2-9(11(10)15(18)19)8-4-6-13-14-7-5-8/h1-3,8,13-14H,4-7H2,(H,16,17). The Morgan fingerprint density at radius 3 is 2.47 bits per heavy atom. The molecule has 7 nitrogen and oxygen atoms in total. The molecule has 1 aromatic rings. The second kappa shape index (κ2) is 5.77. The number of nitrogens with one attached hydrogen (secondary N) is 2. The van der Waals surface area contributed by atoms with Crippen LogP contribution in [0.15, 0.2) is 18.2 Å². The highest BCUT2D eigenvalue weighted by atomic mass is 16.6. The van der Waals surface area contributed by atoms with Gasteiger partial charge in [-0.25, -0.2) is 4.79 Å². The topological polar surface area (TPSA) is 104 Å². The number of carbonyl (C=O) groups is 1. The smallest absolute Gasteiger partial charge is 0.342 e. The molecule has 1 fully saturated rings. The molecule has 0 atom stereocenters. The number of rotatable bonds is 3. The Balaban J connectivity index is 2.46. The quantitative estimate of drug-likeness (QED) is 0.561. The fraction of sp³-hybridized carbons (Fsp3) is 0.417. The van der Waals surface area contributed by atoms with Crippen LogP contribution in [-0.2, 0) is 0 Å². The summed E-state index contributed by atoms with van der Waals surface area (Å²) in [6.07, 6.45) is 1.47. The van der Waals surface area contributed by atoms with Gasteiger partial charge in [0.2, 0.25) is 0 Å². The lowest BCUT2D eigenvalue weighted by atomic mass is 9.90. The van der Waals surface area contributed by atoms with E-state index in [4.69, 9.17) is 5.11 Å². The van der Waals surface area contributed by atoms with Crippen LogP contribution >= 0.6 is 0 Å². The van der Waals surface area contributed by atoms with E-state index in [0.29, 0.717) is 18.7 Å². The zero-order valence-electron chi connectivity index (χ0n) is 10.3. The molecule has 102 valence electrons. The summed E-state index contributed by atoms with van der Waals surface area (Å²) in [5, 5.41) is 20.3. The third-order valence-electron chi connectivity index (χ3n) is 3.28. The monoisotopic (exact) mass is 265 g/mol. The summed E-state index contributed by atoms with van der Waals surface area (Å²) in [4.78, 5) is 21.7. The van der Waals surface area contributed by atoms with Crippen molar-refractivity contribution in [1.29, 1.82) is 0 Å². The molecule has 1 heterocycles. The van der Waals surface area contributed by atoms with E-state index in [9.17, 15) is 14.9 Å². The molecule has 0 bridgehead atoms. The van der Waals surface area contributed by atoms with Crippen LogP contribution in [0.25, 0.3) is 0 Å². The van der Waals surface area contributed by atoms with Crippen LogP contribution in [0.4, 0.5) is 5.69 Å². The molecule has 3 N–H and O–H groups in total. The molecule has 0 aliphatic carbocycles. The molecular weight excluding hydrogens is 250 g/mol. The number of nitro groups is 1. The minimum absolute atomic E-state index is 0.0119. The Labute approximate surface area is 109 Å². The Bertz CT molecular complexity index is 496. The minimum Gasteiger partial charge on any atom is -0.477 e. The summed E-state index contributed by atoms with van der Waals surface area (Å²) in [7, 11) is 0. The zero-order valence-corrected chi connectivity index (χ0v) is 10.3. The van der Waals surface area contributed by atoms with Crippen molar-refractivity contribution < 1.29 is 14.8 Å². The van der Waals surface area contributed by atoms with E-state index >= 15 is 0 Å². The summed E-state index contributed by atoms with van der Waals surface area (Å²) in [6, 6.07) is 4.50. The van der Waals surface area contributed by atoms with Gasteiger partial charge in [-0.3, -0.25) is 21.0 Å². The largest absolute Gasteiger partial charge is 0.477 e. The number of hydrogen-bond acceptors (Lipinski definition) is 5. The van der Waals surface area contributed by atoms with Crippen LogP contribution < -0.4 is 10.9 Å². The van der Waals surface area contributed by atoms with Gasteiger partial charge in [-0.15, -0.1) is 0 Å². The van der Waals surface area contributed by atoms with E-state index in [1.165, 1.54) is 6.07 Å². The van der Waals surface area contributed by atoms with E-state index in [1.807, 2.05) is 0 Å². The van der Waals surface area contributed by atoms with Gasteiger partial charge in [-0.1, -0.05) is 12.1 Å². The van der Waals surface area contributed by atoms with Crippen LogP contribution in [0, 0.1) is 10.1 Å². The number of nitrogens with zero attached hydrogens (tertiary/aromatic N) is 1. The first-order valence-corrected chi connectivity index (χ1v) is 6.07. The first-order chi connectivity index (χ1) is 9.11. The van der Waals surface area contributed by atoms with Crippen molar-refractivity contribution in [1.82, 2.24) is 10.9 Å². The molecule has 0 saturated carbocycles. The molecule has 19 heavy (non-hydrogen) atoms. The SMILES string of the molecule is O=C(O)c1cccc(C2CCNNCC2)c1[N+](=O)[O-]. The van der Waals surface area contributed by atoms with Gasteiger partial charge in [0.1, 0.15) is 5.56 Å². The molecule has 1 aliphatic rings. The highest BCUT2D eigenvalue weighted by Crippen LogP contribution is 2.34. The fourth-order valence-corrected chi connectivity index (χ4v) is 2.39. The predicted molar refractivity (Wildman–Crippen MR) is 68.0 cm³/mol. The number of benzene rings is 1. The van der Waals surface area contributed by atoms with Gasteiger partial charge in [0.05, 0.1) is 4.92 Å². The summed E-state index contributed by atoms with van der Waals surface area (Å²) < 4.78 is 0. The van der Waals surface area contributed by atoms with Crippen LogP contribution in [0.2, 0.25) is 0 Å². The second-order valence-corrected chi connectivity index (χ2v) is 4.43. The Hall–Kier alpha value is -1.99. The van der Waals surface area contributed by atoms with Crippen molar-refractivity contribution in [3.8, 4) is 0 Å². The maximum atomic E-state index is 11.2. The first-order valence-electron chi connectivity index (χ1n) is 6.07. The van der Waals surface area contributed by atoms with Crippen LogP contribution in [0.1, 0.15) is 34.7 Å². The van der Waals surface area contributed by atoms with Crippen molar-refractivity contribution in [3.63, 3.8) is 0 Å². The molecule has 7 heteroatoms. The van der Waals surface area contributed by atoms with Gasteiger partial charge in [-0.05, 0) is 24.8 Å². The average Bonchev–Trinajstić information content (AvgIpc) is 2.66. The second-order valence-electron chi connectivity index (χ2n) is 4.43. The number of para-hydroxylation sites is 1. The predicted octanol–water partition coefficient (Wildman–Crippen LogP) is 1.26. The van der Waals surface area contributed by atoms with Crippen LogP contribution in [-0.4, -0.2) is 29.1 Å². The van der Waals surface area contributed by atoms with Gasteiger partial charge in [0.25, 0.3) is 5.69 Å². The lowest BCUT2D eigenvalue weighted by molar-refractivity contribution is -0.386. The van der Waals surface area contributed by atoms with Crippen LogP contribution in [0.3, 0.4) is 0 Å². The van der Waals surface area contributed by atoms with Crippen molar-refractivity contribution >= 4 is 11.7 Å². The molecule has 1 aliphatic heterocycles. The van der Waals surface area contributed by atoms with Gasteiger partial charge >= 0.3 is 5.97 Å². The highest BCUT2D eigenvalue weighted by molar-refractivity contribution is 5.93. The number of hydrogen-bond donors (Lipinski definition) is 3. The van der Waals surface area contributed by atoms with E-state index < -0.39 is 10.9 Å². The molecule has 0 amide bonds. The number of hydrazine groups is 1. The fourth-order valence-electron chi connectivity index (χ4n) is 2.39. The molecular formula is C12H15N3O4. The van der Waals surface area contributed by atoms with Gasteiger partial charge in [-0.2, -0.15) is 0 Å². The molecule has 1 saturated heterocycles. The van der Waals surface area contributed by atoms with Crippen molar-refractivity contribution in [2.24, 2.45) is 0 Å². The lowest BCUT2D eigenvalue weighted by Gasteiger charge is -2.14. The van der Waals surface area contributed by atoms with E-state index in [1.54, 1.807) is 12.1 Å². The normalized spacial score (nSPS) is 16.8. The molecule has 0 radical (unpaired) electrons. The maximum absolute atomic E-state index is 11.2. The molecule has 1 aromatic carbocycles. The van der Waals surface area contributed by atoms with Gasteiger partial charge < -0.3 is 5.11 Å². The third-order valence-corrected chi connectivity index (χ3v) is 3.28. The number of aromatic carboxylic acids is 1. The third kappa shape index (κ3) is 2.88. The molecule has 0 unspecified atom stereocenters. The average molecular weight is 265 g/mol. The molecule has 0 aromatic heterocycles. The minimum atomic E-state index is -1.27. The van der Waals surface area contributed by atoms with E-state index in [2.05, 4.69) is 10.9 Å². The Morgan fingerprint density at radius 2 is 1.95 bits per heavy atom. The highest BCUT2D eigenvalue weighted by Gasteiger charge is 2.28. The summed E-state index contributed by atoms with van der Waals surface area (Å²) >= 11 is 0. The van der Waals surface area contributed by atoms with Gasteiger partial charge in [0.15, 0.2) is 0 Å². The van der Waals surface area contributed by atoms with Gasteiger partial charge in [0, 0.05) is 18.7 Å². The van der Waals surface area contributed by atoms with Crippen molar-refractivity contribution in [2.75, 3.05) is 13.1 Å². The Kier molecular flexibility index (Phi) is 4.08. The first kappa shape index (κ1) is 13.4. The summed E-state index contributed by atoms with van der Waals surface area (Å²) in [5.41, 5.74) is 5.98. The number of carboxylic acids is 1. The summed E-state index contributed by atoms with van der Waals surface area (Å²) in [6.45, 7) is 1.39. The summed E-state index contributed by atoms with van der Waals surface area (Å²) in [5.74, 6) is -1.28. The number of carboxylic acid groups (broad SMARTS) is 1. The molecule has 2 rings (SSSR count). The Morgan fingerprint density at radius 1 is 1.32 bits per heavy atom. The van der Waals surface area contributed by atoms with Crippen LogP contribution in [0.5, 0.6) is 0 Å².